The standard InChI is InChI=1S/C15H23ClN2O3/c1-5-10(4)13(19)8-17-14(20)11-6-12(16)15(18-7-11)21-9(2)3/h6-7,9-10,13,19H,5,8H2,1-4H3,(H,17,20). The van der Waals surface area contributed by atoms with Gasteiger partial charge in [-0.05, 0) is 25.8 Å². The summed E-state index contributed by atoms with van der Waals surface area (Å²) in [5.74, 6) is 0.125. The van der Waals surface area contributed by atoms with Crippen LogP contribution >= 0.6 is 11.6 Å². The Morgan fingerprint density at radius 3 is 2.67 bits per heavy atom. The average molecular weight is 315 g/mol. The molecule has 1 heterocycles. The molecule has 0 fully saturated rings. The normalized spacial score (nSPS) is 13.9. The molecule has 118 valence electrons. The van der Waals surface area contributed by atoms with Crippen molar-refractivity contribution >= 4 is 17.5 Å². The molecule has 0 bridgehead atoms. The number of hydrogen-bond acceptors (Lipinski definition) is 4. The van der Waals surface area contributed by atoms with Crippen LogP contribution in [0.5, 0.6) is 5.88 Å². The lowest BCUT2D eigenvalue weighted by molar-refractivity contribution is 0.0850. The quantitative estimate of drug-likeness (QED) is 0.811. The summed E-state index contributed by atoms with van der Waals surface area (Å²) in [4.78, 5) is 16.0. The number of amides is 1. The molecule has 0 aromatic carbocycles. The van der Waals surface area contributed by atoms with Crippen LogP contribution in [0.1, 0.15) is 44.5 Å². The minimum atomic E-state index is -0.564. The zero-order chi connectivity index (χ0) is 16.0. The molecule has 1 aromatic heterocycles. The highest BCUT2D eigenvalue weighted by molar-refractivity contribution is 6.32. The van der Waals surface area contributed by atoms with E-state index in [1.807, 2.05) is 27.7 Å². The first-order chi connectivity index (χ1) is 9.85. The van der Waals surface area contributed by atoms with Gasteiger partial charge < -0.3 is 15.2 Å². The maximum absolute atomic E-state index is 12.0. The molecule has 2 unspecified atom stereocenters. The lowest BCUT2D eigenvalue weighted by Crippen LogP contribution is -2.35. The van der Waals surface area contributed by atoms with Crippen molar-refractivity contribution in [1.82, 2.24) is 10.3 Å². The maximum atomic E-state index is 12.0. The minimum absolute atomic E-state index is 0.0413. The maximum Gasteiger partial charge on any atom is 0.252 e. The van der Waals surface area contributed by atoms with Gasteiger partial charge in [0.25, 0.3) is 5.91 Å². The van der Waals surface area contributed by atoms with Crippen molar-refractivity contribution in [2.24, 2.45) is 5.92 Å². The third-order valence-electron chi connectivity index (χ3n) is 3.19. The first kappa shape index (κ1) is 17.7. The van der Waals surface area contributed by atoms with E-state index in [-0.39, 0.29) is 24.5 Å². The summed E-state index contributed by atoms with van der Waals surface area (Å²) in [7, 11) is 0. The molecular formula is C15H23ClN2O3. The van der Waals surface area contributed by atoms with Crippen LogP contribution in [0.2, 0.25) is 5.02 Å². The predicted octanol–water partition coefficient (Wildman–Crippen LogP) is 2.66. The highest BCUT2D eigenvalue weighted by atomic mass is 35.5. The van der Waals surface area contributed by atoms with Crippen LogP contribution in [0.4, 0.5) is 0 Å². The van der Waals surface area contributed by atoms with Crippen molar-refractivity contribution in [3.05, 3.63) is 22.8 Å². The number of ether oxygens (including phenoxy) is 1. The SMILES string of the molecule is CCC(C)C(O)CNC(=O)c1cnc(OC(C)C)c(Cl)c1. The number of carbonyl (C=O) groups is 1. The molecule has 21 heavy (non-hydrogen) atoms. The molecule has 1 aromatic rings. The molecule has 1 rings (SSSR count). The lowest BCUT2D eigenvalue weighted by atomic mass is 10.0. The van der Waals surface area contributed by atoms with Gasteiger partial charge in [0.15, 0.2) is 0 Å². The third kappa shape index (κ3) is 5.52. The molecule has 0 aliphatic carbocycles. The lowest BCUT2D eigenvalue weighted by Gasteiger charge is -2.17. The van der Waals surface area contributed by atoms with Gasteiger partial charge in [0, 0.05) is 12.7 Å². The fraction of sp³-hybridized carbons (Fsp3) is 0.600. The van der Waals surface area contributed by atoms with Gasteiger partial charge in [0.2, 0.25) is 5.88 Å². The first-order valence-electron chi connectivity index (χ1n) is 7.13. The van der Waals surface area contributed by atoms with Crippen LogP contribution in [-0.2, 0) is 0 Å². The molecule has 0 radical (unpaired) electrons. The molecular weight excluding hydrogens is 292 g/mol. The molecule has 0 aliphatic heterocycles. The number of carbonyl (C=O) groups excluding carboxylic acids is 1. The molecule has 0 saturated heterocycles. The molecule has 0 saturated carbocycles. The Morgan fingerprint density at radius 1 is 1.48 bits per heavy atom. The predicted molar refractivity (Wildman–Crippen MR) is 82.8 cm³/mol. The summed E-state index contributed by atoms with van der Waals surface area (Å²) in [6.45, 7) is 7.87. The van der Waals surface area contributed by atoms with Crippen molar-refractivity contribution in [1.29, 1.82) is 0 Å². The number of aliphatic hydroxyl groups is 1. The Kier molecular flexibility index (Phi) is 6.92. The Morgan fingerprint density at radius 2 is 2.14 bits per heavy atom. The van der Waals surface area contributed by atoms with Crippen LogP contribution in [0.3, 0.4) is 0 Å². The van der Waals surface area contributed by atoms with Gasteiger partial charge in [-0.3, -0.25) is 4.79 Å². The number of nitrogens with zero attached hydrogens (tertiary/aromatic N) is 1. The summed E-state index contributed by atoms with van der Waals surface area (Å²) >= 11 is 6.04. The van der Waals surface area contributed by atoms with Crippen molar-refractivity contribution < 1.29 is 14.6 Å². The van der Waals surface area contributed by atoms with Gasteiger partial charge in [-0.25, -0.2) is 4.98 Å². The zero-order valence-electron chi connectivity index (χ0n) is 12.9. The summed E-state index contributed by atoms with van der Waals surface area (Å²) in [5, 5.41) is 12.8. The monoisotopic (exact) mass is 314 g/mol. The highest BCUT2D eigenvalue weighted by Gasteiger charge is 2.15. The van der Waals surface area contributed by atoms with Gasteiger partial charge in [-0.15, -0.1) is 0 Å². The van der Waals surface area contributed by atoms with Crippen LogP contribution < -0.4 is 10.1 Å². The summed E-state index contributed by atoms with van der Waals surface area (Å²) in [5.41, 5.74) is 0.340. The van der Waals surface area contributed by atoms with Crippen molar-refractivity contribution in [2.75, 3.05) is 6.54 Å². The average Bonchev–Trinajstić information content (AvgIpc) is 2.45. The summed E-state index contributed by atoms with van der Waals surface area (Å²) in [6, 6.07) is 1.51. The van der Waals surface area contributed by atoms with E-state index in [9.17, 15) is 9.90 Å². The Hall–Kier alpha value is -1.33. The number of rotatable bonds is 7. The van der Waals surface area contributed by atoms with Crippen LogP contribution in [-0.4, -0.2) is 34.8 Å². The van der Waals surface area contributed by atoms with E-state index < -0.39 is 6.10 Å². The Balaban J connectivity index is 2.65. The molecule has 2 atom stereocenters. The van der Waals surface area contributed by atoms with Gasteiger partial charge >= 0.3 is 0 Å². The fourth-order valence-corrected chi connectivity index (χ4v) is 1.84. The van der Waals surface area contributed by atoms with Gasteiger partial charge in [-0.2, -0.15) is 0 Å². The molecule has 0 spiro atoms. The Bertz CT molecular complexity index is 480. The highest BCUT2D eigenvalue weighted by Crippen LogP contribution is 2.23. The first-order valence-corrected chi connectivity index (χ1v) is 7.51. The van der Waals surface area contributed by atoms with Gasteiger partial charge in [0.1, 0.15) is 5.02 Å². The molecule has 1 amide bonds. The number of aliphatic hydroxyl groups excluding tert-OH is 1. The zero-order valence-corrected chi connectivity index (χ0v) is 13.6. The van der Waals surface area contributed by atoms with Crippen LogP contribution in [0.15, 0.2) is 12.3 Å². The number of aromatic nitrogens is 1. The van der Waals surface area contributed by atoms with E-state index >= 15 is 0 Å². The number of pyridine rings is 1. The van der Waals surface area contributed by atoms with E-state index in [4.69, 9.17) is 16.3 Å². The van der Waals surface area contributed by atoms with Crippen molar-refractivity contribution in [2.45, 2.75) is 46.3 Å². The van der Waals surface area contributed by atoms with Gasteiger partial charge in [-0.1, -0.05) is 31.9 Å². The smallest absolute Gasteiger partial charge is 0.252 e. The molecule has 0 aliphatic rings. The van der Waals surface area contributed by atoms with E-state index in [2.05, 4.69) is 10.3 Å². The van der Waals surface area contributed by atoms with Crippen molar-refractivity contribution in [3.63, 3.8) is 0 Å². The number of nitrogens with one attached hydrogen (secondary N) is 1. The van der Waals surface area contributed by atoms with E-state index in [0.717, 1.165) is 6.42 Å². The fourth-order valence-electron chi connectivity index (χ4n) is 1.63. The second-order valence-electron chi connectivity index (χ2n) is 5.34. The molecule has 2 N–H and O–H groups in total. The number of halogens is 1. The van der Waals surface area contributed by atoms with Crippen LogP contribution in [0, 0.1) is 5.92 Å². The van der Waals surface area contributed by atoms with E-state index in [1.165, 1.54) is 12.3 Å². The van der Waals surface area contributed by atoms with Gasteiger partial charge in [0.05, 0.1) is 17.8 Å². The minimum Gasteiger partial charge on any atom is -0.474 e. The van der Waals surface area contributed by atoms with Crippen molar-refractivity contribution in [3.8, 4) is 5.88 Å². The topological polar surface area (TPSA) is 71.5 Å². The summed E-state index contributed by atoms with van der Waals surface area (Å²) < 4.78 is 5.41. The third-order valence-corrected chi connectivity index (χ3v) is 3.46. The largest absolute Gasteiger partial charge is 0.474 e. The second kappa shape index (κ2) is 8.20. The van der Waals surface area contributed by atoms with Crippen LogP contribution in [0.25, 0.3) is 0 Å². The molecule has 6 heteroatoms. The summed E-state index contributed by atoms with van der Waals surface area (Å²) in [6.07, 6.45) is 1.66. The van der Waals surface area contributed by atoms with E-state index in [0.29, 0.717) is 16.5 Å². The number of hydrogen-bond donors (Lipinski definition) is 2. The van der Waals surface area contributed by atoms with E-state index in [1.54, 1.807) is 0 Å². The molecule has 5 nitrogen and oxygen atoms in total. The second-order valence-corrected chi connectivity index (χ2v) is 5.75. The Labute approximate surface area is 130 Å².